The van der Waals surface area contributed by atoms with Gasteiger partial charge in [0, 0.05) is 5.56 Å². The van der Waals surface area contributed by atoms with E-state index in [0.29, 0.717) is 28.5 Å². The van der Waals surface area contributed by atoms with Crippen molar-refractivity contribution < 1.29 is 28.3 Å². The Bertz CT molecular complexity index is 1120. The van der Waals surface area contributed by atoms with Crippen LogP contribution in [0.25, 0.3) is 0 Å². The van der Waals surface area contributed by atoms with E-state index in [2.05, 4.69) is 5.32 Å². The first-order valence-electron chi connectivity index (χ1n) is 10.1. The molecule has 0 bridgehead atoms. The highest BCUT2D eigenvalue weighted by atomic mass is 16.5. The van der Waals surface area contributed by atoms with Gasteiger partial charge in [-0.25, -0.2) is 0 Å². The molecular formula is C24H22N2O6. The first-order valence-corrected chi connectivity index (χ1v) is 10.1. The van der Waals surface area contributed by atoms with Crippen molar-refractivity contribution in [3.05, 3.63) is 77.7 Å². The molecule has 0 unspecified atom stereocenters. The average molecular weight is 434 g/mol. The van der Waals surface area contributed by atoms with Crippen LogP contribution in [0, 0.1) is 6.92 Å². The van der Waals surface area contributed by atoms with Gasteiger partial charge in [0.15, 0.2) is 19.0 Å². The van der Waals surface area contributed by atoms with E-state index in [1.165, 1.54) is 11.2 Å². The average Bonchev–Trinajstić information content (AvgIpc) is 3.32. The number of nitrogens with one attached hydrogen (secondary N) is 1. The molecule has 2 heterocycles. The fourth-order valence-electron chi connectivity index (χ4n) is 3.21. The number of aryl methyl sites for hydroxylation is 1. The summed E-state index contributed by atoms with van der Waals surface area (Å²) >= 11 is 0. The first-order chi connectivity index (χ1) is 15.5. The van der Waals surface area contributed by atoms with Gasteiger partial charge < -0.3 is 19.2 Å². The van der Waals surface area contributed by atoms with Crippen LogP contribution in [0.2, 0.25) is 0 Å². The first kappa shape index (κ1) is 21.2. The van der Waals surface area contributed by atoms with Crippen LogP contribution < -0.4 is 19.7 Å². The summed E-state index contributed by atoms with van der Waals surface area (Å²) in [6.07, 6.45) is 1.52. The summed E-state index contributed by atoms with van der Waals surface area (Å²) in [4.78, 5) is 38.8. The topological polar surface area (TPSA) is 98.1 Å². The van der Waals surface area contributed by atoms with Crippen molar-refractivity contribution in [3.63, 3.8) is 0 Å². The molecule has 0 saturated carbocycles. The van der Waals surface area contributed by atoms with Crippen LogP contribution >= 0.6 is 0 Å². The molecule has 0 atom stereocenters. The summed E-state index contributed by atoms with van der Waals surface area (Å²) in [5.74, 6) is 0.644. The largest absolute Gasteiger partial charge is 0.485 e. The van der Waals surface area contributed by atoms with E-state index >= 15 is 0 Å². The normalized spacial score (nSPS) is 12.7. The minimum atomic E-state index is -0.369. The lowest BCUT2D eigenvalue weighted by molar-refractivity contribution is -0.125. The van der Waals surface area contributed by atoms with Crippen molar-refractivity contribution in [1.82, 2.24) is 5.32 Å². The van der Waals surface area contributed by atoms with Crippen LogP contribution in [0.5, 0.6) is 11.5 Å². The zero-order valence-electron chi connectivity index (χ0n) is 17.5. The van der Waals surface area contributed by atoms with Crippen molar-refractivity contribution in [2.24, 2.45) is 0 Å². The summed E-state index contributed by atoms with van der Waals surface area (Å²) in [7, 11) is 0. The maximum Gasteiger partial charge on any atom is 0.265 e. The van der Waals surface area contributed by atoms with Crippen molar-refractivity contribution in [3.8, 4) is 11.5 Å². The number of hydrogen-bond acceptors (Lipinski definition) is 6. The van der Waals surface area contributed by atoms with Crippen LogP contribution in [0.1, 0.15) is 21.7 Å². The van der Waals surface area contributed by atoms with E-state index in [1.54, 1.807) is 42.5 Å². The molecule has 0 radical (unpaired) electrons. The van der Waals surface area contributed by atoms with Gasteiger partial charge >= 0.3 is 0 Å². The number of carbonyl (C=O) groups is 3. The van der Waals surface area contributed by atoms with Crippen LogP contribution in [-0.2, 0) is 16.1 Å². The second-order valence-electron chi connectivity index (χ2n) is 7.33. The molecule has 1 aliphatic heterocycles. The lowest BCUT2D eigenvalue weighted by Crippen LogP contribution is -2.45. The van der Waals surface area contributed by atoms with E-state index in [0.717, 1.165) is 5.56 Å². The third-order valence-electron chi connectivity index (χ3n) is 4.96. The highest BCUT2D eigenvalue weighted by molar-refractivity contribution is 6.04. The van der Waals surface area contributed by atoms with Crippen LogP contribution in [0.15, 0.2) is 65.3 Å². The number of benzene rings is 2. The van der Waals surface area contributed by atoms with E-state index in [9.17, 15) is 14.4 Å². The Morgan fingerprint density at radius 3 is 2.69 bits per heavy atom. The molecule has 1 N–H and O–H groups in total. The van der Waals surface area contributed by atoms with Gasteiger partial charge in [-0.1, -0.05) is 17.7 Å². The van der Waals surface area contributed by atoms with Crippen LogP contribution in [-0.4, -0.2) is 37.4 Å². The summed E-state index contributed by atoms with van der Waals surface area (Å²) in [5.41, 5.74) is 1.82. The number of furan rings is 1. The lowest BCUT2D eigenvalue weighted by atomic mass is 10.1. The summed E-state index contributed by atoms with van der Waals surface area (Å²) < 4.78 is 16.2. The monoisotopic (exact) mass is 434 g/mol. The third-order valence-corrected chi connectivity index (χ3v) is 4.96. The standard InChI is InChI=1S/C24H22N2O6/c1-16-4-7-18(8-5-16)31-14-21(27)17-6-9-22-20(11-17)26(24(29)15-32-22)13-23(28)25-12-19-3-2-10-30-19/h2-11H,12-15H2,1H3,(H,25,28). The molecule has 0 aliphatic carbocycles. The number of nitrogens with zero attached hydrogens (tertiary/aromatic N) is 1. The fourth-order valence-corrected chi connectivity index (χ4v) is 3.21. The number of rotatable bonds is 8. The van der Waals surface area contributed by atoms with Crippen LogP contribution in [0.4, 0.5) is 5.69 Å². The highest BCUT2D eigenvalue weighted by Gasteiger charge is 2.28. The maximum absolute atomic E-state index is 12.7. The molecular weight excluding hydrogens is 412 g/mol. The number of Topliss-reactive ketones (excluding diaryl/α,β-unsaturated/α-hetero) is 1. The molecule has 0 spiro atoms. The van der Waals surface area contributed by atoms with Gasteiger partial charge in [0.05, 0.1) is 18.5 Å². The van der Waals surface area contributed by atoms with Crippen molar-refractivity contribution in [2.45, 2.75) is 13.5 Å². The SMILES string of the molecule is Cc1ccc(OCC(=O)c2ccc3c(c2)N(CC(=O)NCc2ccco2)C(=O)CO3)cc1. The smallest absolute Gasteiger partial charge is 0.265 e. The Hall–Kier alpha value is -4.07. The Labute approximate surface area is 184 Å². The number of hydrogen-bond donors (Lipinski definition) is 1. The molecule has 0 saturated heterocycles. The quantitative estimate of drug-likeness (QED) is 0.548. The van der Waals surface area contributed by atoms with Gasteiger partial charge in [-0.3, -0.25) is 19.3 Å². The zero-order chi connectivity index (χ0) is 22.5. The number of fused-ring (bicyclic) bond motifs is 1. The number of amides is 2. The van der Waals surface area contributed by atoms with E-state index < -0.39 is 0 Å². The predicted octanol–water partition coefficient (Wildman–Crippen LogP) is 2.89. The lowest BCUT2D eigenvalue weighted by Gasteiger charge is -2.29. The van der Waals surface area contributed by atoms with Crippen molar-refractivity contribution >= 4 is 23.3 Å². The molecule has 8 nitrogen and oxygen atoms in total. The molecule has 164 valence electrons. The Morgan fingerprint density at radius 1 is 1.12 bits per heavy atom. The second kappa shape index (κ2) is 9.38. The fraction of sp³-hybridized carbons (Fsp3) is 0.208. The second-order valence-corrected chi connectivity index (χ2v) is 7.33. The minimum absolute atomic E-state index is 0.152. The van der Waals surface area contributed by atoms with E-state index in [4.69, 9.17) is 13.9 Å². The summed E-state index contributed by atoms with van der Waals surface area (Å²) in [5, 5.41) is 2.71. The number of anilines is 1. The molecule has 0 fully saturated rings. The Balaban J connectivity index is 1.44. The summed E-state index contributed by atoms with van der Waals surface area (Å²) in [6.45, 7) is 1.65. The molecule has 1 aromatic heterocycles. The Kier molecular flexibility index (Phi) is 6.21. The number of ketones is 1. The summed E-state index contributed by atoms with van der Waals surface area (Å²) in [6, 6.07) is 15.6. The van der Waals surface area contributed by atoms with E-state index in [-0.39, 0.29) is 43.9 Å². The molecule has 32 heavy (non-hydrogen) atoms. The maximum atomic E-state index is 12.7. The van der Waals surface area contributed by atoms with Gasteiger partial charge in [-0.2, -0.15) is 0 Å². The molecule has 8 heteroatoms. The Morgan fingerprint density at radius 2 is 1.94 bits per heavy atom. The van der Waals surface area contributed by atoms with Gasteiger partial charge in [0.2, 0.25) is 5.91 Å². The predicted molar refractivity (Wildman–Crippen MR) is 116 cm³/mol. The van der Waals surface area contributed by atoms with Gasteiger partial charge in [-0.15, -0.1) is 0 Å². The molecule has 4 rings (SSSR count). The van der Waals surface area contributed by atoms with E-state index in [1.807, 2.05) is 19.1 Å². The number of carbonyl (C=O) groups excluding carboxylic acids is 3. The number of ether oxygens (including phenoxy) is 2. The molecule has 2 aromatic carbocycles. The minimum Gasteiger partial charge on any atom is -0.485 e. The molecule has 2 amide bonds. The third kappa shape index (κ3) is 4.97. The van der Waals surface area contributed by atoms with Gasteiger partial charge in [-0.05, 0) is 49.4 Å². The zero-order valence-corrected chi connectivity index (χ0v) is 17.5. The van der Waals surface area contributed by atoms with Gasteiger partial charge in [0.1, 0.15) is 23.8 Å². The van der Waals surface area contributed by atoms with Crippen LogP contribution in [0.3, 0.4) is 0 Å². The highest BCUT2D eigenvalue weighted by Crippen LogP contribution is 2.33. The van der Waals surface area contributed by atoms with Crippen molar-refractivity contribution in [2.75, 3.05) is 24.7 Å². The van der Waals surface area contributed by atoms with Crippen molar-refractivity contribution in [1.29, 1.82) is 0 Å². The van der Waals surface area contributed by atoms with Gasteiger partial charge in [0.25, 0.3) is 5.91 Å². The molecule has 1 aliphatic rings. The molecule has 3 aromatic rings.